The number of rotatable bonds is 6. The van der Waals surface area contributed by atoms with Gasteiger partial charge < -0.3 is 10.1 Å². The lowest BCUT2D eigenvalue weighted by Gasteiger charge is -2.26. The van der Waals surface area contributed by atoms with Crippen molar-refractivity contribution in [3.8, 4) is 10.6 Å². The van der Waals surface area contributed by atoms with Crippen LogP contribution in [0.2, 0.25) is 0 Å². The average molecular weight is 408 g/mol. The molecule has 1 aliphatic rings. The Hall–Kier alpha value is -2.54. The van der Waals surface area contributed by atoms with Gasteiger partial charge in [-0.1, -0.05) is 30.3 Å². The maximum Gasteiger partial charge on any atom is 0.230 e. The number of nitrogens with zero attached hydrogens (tertiary/aromatic N) is 2. The fourth-order valence-corrected chi connectivity index (χ4v) is 4.25. The second kappa shape index (κ2) is 9.31. The van der Waals surface area contributed by atoms with Crippen LogP contribution in [0.25, 0.3) is 10.6 Å². The van der Waals surface area contributed by atoms with Crippen LogP contribution in [0, 0.1) is 6.92 Å². The third-order valence-corrected chi connectivity index (χ3v) is 5.82. The van der Waals surface area contributed by atoms with Crippen LogP contribution in [-0.2, 0) is 22.5 Å². The Morgan fingerprint density at radius 2 is 2.00 bits per heavy atom. The van der Waals surface area contributed by atoms with Crippen LogP contribution in [0.15, 0.2) is 53.9 Å². The van der Waals surface area contributed by atoms with Gasteiger partial charge in [0.1, 0.15) is 5.01 Å². The van der Waals surface area contributed by atoms with Crippen molar-refractivity contribution < 1.29 is 9.53 Å². The average Bonchev–Trinajstić information content (AvgIpc) is 3.17. The van der Waals surface area contributed by atoms with Gasteiger partial charge in [-0.05, 0) is 36.2 Å². The van der Waals surface area contributed by atoms with Gasteiger partial charge in [0, 0.05) is 36.3 Å². The number of carbonyl (C=O) groups is 1. The maximum absolute atomic E-state index is 12.4. The minimum Gasteiger partial charge on any atom is -0.379 e. The van der Waals surface area contributed by atoms with Crippen LogP contribution in [0.5, 0.6) is 0 Å². The Bertz CT molecular complexity index is 980. The molecule has 0 unspecified atom stereocenters. The molecule has 0 aliphatic carbocycles. The van der Waals surface area contributed by atoms with Gasteiger partial charge in [-0.2, -0.15) is 0 Å². The molecule has 6 heteroatoms. The highest BCUT2D eigenvalue weighted by atomic mass is 32.1. The van der Waals surface area contributed by atoms with Crippen molar-refractivity contribution in [2.24, 2.45) is 0 Å². The number of morpholine rings is 1. The van der Waals surface area contributed by atoms with Crippen LogP contribution in [0.3, 0.4) is 0 Å². The molecule has 0 atom stereocenters. The van der Waals surface area contributed by atoms with E-state index in [-0.39, 0.29) is 12.3 Å². The molecule has 0 radical (unpaired) electrons. The Morgan fingerprint density at radius 1 is 1.17 bits per heavy atom. The normalized spacial score (nSPS) is 14.7. The molecule has 5 nitrogen and oxygen atoms in total. The van der Waals surface area contributed by atoms with Gasteiger partial charge in [0.05, 0.1) is 25.3 Å². The third kappa shape index (κ3) is 5.50. The molecule has 150 valence electrons. The molecule has 2 aromatic carbocycles. The van der Waals surface area contributed by atoms with E-state index >= 15 is 0 Å². The Morgan fingerprint density at radius 3 is 2.83 bits per heavy atom. The summed E-state index contributed by atoms with van der Waals surface area (Å²) in [4.78, 5) is 19.5. The van der Waals surface area contributed by atoms with Crippen molar-refractivity contribution in [3.05, 3.63) is 70.7 Å². The Balaban J connectivity index is 1.39. The highest BCUT2D eigenvalue weighted by Crippen LogP contribution is 2.25. The minimum absolute atomic E-state index is 0.0477. The summed E-state index contributed by atoms with van der Waals surface area (Å²) in [5.41, 5.74) is 5.12. The molecule has 1 N–H and O–H groups in total. The number of hydrogen-bond donors (Lipinski definition) is 1. The van der Waals surface area contributed by atoms with Crippen LogP contribution in [0.1, 0.15) is 16.8 Å². The Kier molecular flexibility index (Phi) is 6.34. The number of aryl methyl sites for hydroxylation is 1. The van der Waals surface area contributed by atoms with E-state index in [2.05, 4.69) is 34.5 Å². The van der Waals surface area contributed by atoms with Gasteiger partial charge in [0.25, 0.3) is 0 Å². The second-order valence-corrected chi connectivity index (χ2v) is 8.19. The smallest absolute Gasteiger partial charge is 0.230 e. The summed E-state index contributed by atoms with van der Waals surface area (Å²) in [6.07, 6.45) is 0.276. The van der Waals surface area contributed by atoms with Crippen molar-refractivity contribution in [2.75, 3.05) is 31.6 Å². The number of thiazole rings is 1. The third-order valence-electron chi connectivity index (χ3n) is 4.88. The second-order valence-electron chi connectivity index (χ2n) is 7.33. The molecule has 0 spiro atoms. The number of ether oxygens (including phenoxy) is 1. The lowest BCUT2D eigenvalue weighted by Crippen LogP contribution is -2.35. The molecule has 0 saturated carbocycles. The summed E-state index contributed by atoms with van der Waals surface area (Å²) in [6, 6.07) is 16.3. The first-order valence-electron chi connectivity index (χ1n) is 9.86. The van der Waals surface area contributed by atoms with Crippen LogP contribution < -0.4 is 5.32 Å². The summed E-state index contributed by atoms with van der Waals surface area (Å²) in [5, 5.41) is 5.87. The van der Waals surface area contributed by atoms with E-state index in [0.717, 1.165) is 60.4 Å². The van der Waals surface area contributed by atoms with Crippen molar-refractivity contribution in [1.29, 1.82) is 0 Å². The Labute approximate surface area is 175 Å². The number of benzene rings is 2. The predicted octanol–water partition coefficient (Wildman–Crippen LogP) is 4.13. The van der Waals surface area contributed by atoms with Crippen LogP contribution in [-0.4, -0.2) is 42.1 Å². The van der Waals surface area contributed by atoms with Crippen molar-refractivity contribution >= 4 is 22.9 Å². The van der Waals surface area contributed by atoms with E-state index < -0.39 is 0 Å². The van der Waals surface area contributed by atoms with Crippen LogP contribution in [0.4, 0.5) is 5.69 Å². The summed E-state index contributed by atoms with van der Waals surface area (Å²) in [5.74, 6) is -0.0477. The van der Waals surface area contributed by atoms with E-state index in [1.807, 2.05) is 36.6 Å². The summed E-state index contributed by atoms with van der Waals surface area (Å²) in [6.45, 7) is 6.49. The maximum atomic E-state index is 12.4. The highest BCUT2D eigenvalue weighted by Gasteiger charge is 2.13. The summed E-state index contributed by atoms with van der Waals surface area (Å²) < 4.78 is 5.43. The lowest BCUT2D eigenvalue weighted by molar-refractivity contribution is -0.115. The van der Waals surface area contributed by atoms with Crippen molar-refractivity contribution in [1.82, 2.24) is 9.88 Å². The minimum atomic E-state index is -0.0477. The number of hydrogen-bond acceptors (Lipinski definition) is 5. The fraction of sp³-hybridized carbons (Fsp3) is 0.304. The van der Waals surface area contributed by atoms with Gasteiger partial charge in [0.2, 0.25) is 5.91 Å². The monoisotopic (exact) mass is 407 g/mol. The summed E-state index contributed by atoms with van der Waals surface area (Å²) in [7, 11) is 0. The first-order valence-corrected chi connectivity index (χ1v) is 10.7. The molecule has 1 saturated heterocycles. The van der Waals surface area contributed by atoms with E-state index in [0.29, 0.717) is 0 Å². The zero-order valence-corrected chi connectivity index (χ0v) is 17.4. The molecule has 3 aromatic rings. The predicted molar refractivity (Wildman–Crippen MR) is 117 cm³/mol. The summed E-state index contributed by atoms with van der Waals surface area (Å²) >= 11 is 1.58. The number of nitrogens with one attached hydrogen (secondary N) is 1. The standard InChI is InChI=1S/C23H25N3O2S/c1-17-4-2-7-20(12-17)24-22(27)14-21-16-29-23(25-21)19-6-3-5-18(13-19)15-26-8-10-28-11-9-26/h2-7,12-13,16H,8-11,14-15H2,1H3,(H,24,27). The van der Waals surface area contributed by atoms with Gasteiger partial charge in [-0.25, -0.2) is 4.98 Å². The van der Waals surface area contributed by atoms with Gasteiger partial charge in [0.15, 0.2) is 0 Å². The number of carbonyl (C=O) groups excluding carboxylic acids is 1. The quantitative estimate of drug-likeness (QED) is 0.668. The number of aromatic nitrogens is 1. The zero-order chi connectivity index (χ0) is 20.1. The SMILES string of the molecule is Cc1cccc(NC(=O)Cc2csc(-c3cccc(CN4CCOCC4)c3)n2)c1. The topological polar surface area (TPSA) is 54.5 Å². The van der Waals surface area contributed by atoms with E-state index in [1.165, 1.54) is 5.56 Å². The fourth-order valence-electron chi connectivity index (χ4n) is 3.43. The van der Waals surface area contributed by atoms with Gasteiger partial charge >= 0.3 is 0 Å². The van der Waals surface area contributed by atoms with Crippen LogP contribution >= 0.6 is 11.3 Å². The lowest BCUT2D eigenvalue weighted by atomic mass is 10.1. The van der Waals surface area contributed by atoms with Crippen molar-refractivity contribution in [3.63, 3.8) is 0 Å². The first kappa shape index (κ1) is 19.8. The first-order chi connectivity index (χ1) is 14.2. The number of anilines is 1. The highest BCUT2D eigenvalue weighted by molar-refractivity contribution is 7.13. The van der Waals surface area contributed by atoms with E-state index in [1.54, 1.807) is 11.3 Å². The molecule has 29 heavy (non-hydrogen) atoms. The molecule has 1 aliphatic heterocycles. The molecule has 1 aromatic heterocycles. The number of amides is 1. The molecule has 2 heterocycles. The van der Waals surface area contributed by atoms with Crippen molar-refractivity contribution in [2.45, 2.75) is 19.9 Å². The van der Waals surface area contributed by atoms with E-state index in [9.17, 15) is 4.79 Å². The largest absolute Gasteiger partial charge is 0.379 e. The van der Waals surface area contributed by atoms with Gasteiger partial charge in [-0.15, -0.1) is 11.3 Å². The molecule has 4 rings (SSSR count). The molecular weight excluding hydrogens is 382 g/mol. The molecule has 1 amide bonds. The zero-order valence-electron chi connectivity index (χ0n) is 16.6. The van der Waals surface area contributed by atoms with E-state index in [4.69, 9.17) is 9.72 Å². The molecular formula is C23H25N3O2S. The molecule has 0 bridgehead atoms. The molecule has 1 fully saturated rings. The van der Waals surface area contributed by atoms with Gasteiger partial charge in [-0.3, -0.25) is 9.69 Å².